The maximum absolute atomic E-state index is 12.6. The maximum atomic E-state index is 12.6. The smallest absolute Gasteiger partial charge is 0.321 e. The van der Waals surface area contributed by atoms with Gasteiger partial charge in [-0.3, -0.25) is 10.3 Å². The highest BCUT2D eigenvalue weighted by atomic mass is 79.9. The number of anilines is 1. The molecule has 0 aliphatic carbocycles. The van der Waals surface area contributed by atoms with Crippen LogP contribution in [0.3, 0.4) is 0 Å². The molecule has 1 fully saturated rings. The third-order valence-corrected chi connectivity index (χ3v) is 5.84. The van der Waals surface area contributed by atoms with Crippen LogP contribution in [0.2, 0.25) is 0 Å². The molecule has 2 heterocycles. The Labute approximate surface area is 167 Å². The average Bonchev–Trinajstić information content (AvgIpc) is 3.08. The van der Waals surface area contributed by atoms with E-state index in [9.17, 15) is 4.79 Å². The van der Waals surface area contributed by atoms with E-state index < -0.39 is 0 Å². The molecule has 2 aromatic carbocycles. The van der Waals surface area contributed by atoms with Gasteiger partial charge in [0.25, 0.3) is 0 Å². The monoisotopic (exact) mass is 427 g/mol. The van der Waals surface area contributed by atoms with Crippen molar-refractivity contribution in [2.75, 3.05) is 18.4 Å². The zero-order chi connectivity index (χ0) is 18.9. The predicted molar refractivity (Wildman–Crippen MR) is 110 cm³/mol. The van der Waals surface area contributed by atoms with Gasteiger partial charge >= 0.3 is 6.03 Å². The molecule has 0 unspecified atom stereocenters. The highest BCUT2D eigenvalue weighted by Gasteiger charge is 2.39. The van der Waals surface area contributed by atoms with E-state index in [4.69, 9.17) is 4.84 Å². The Balaban J connectivity index is 1.39. The van der Waals surface area contributed by atoms with E-state index >= 15 is 0 Å². The van der Waals surface area contributed by atoms with Crippen molar-refractivity contribution < 1.29 is 9.63 Å². The fourth-order valence-corrected chi connectivity index (χ4v) is 3.83. The lowest BCUT2D eigenvalue weighted by atomic mass is 9.90. The zero-order valence-corrected chi connectivity index (χ0v) is 16.8. The van der Waals surface area contributed by atoms with Crippen molar-refractivity contribution in [3.05, 3.63) is 70.2 Å². The number of hydrogen-bond acceptors (Lipinski definition) is 3. The number of nitrogens with one attached hydrogen (secondary N) is 2. The fourth-order valence-electron chi connectivity index (χ4n) is 3.45. The summed E-state index contributed by atoms with van der Waals surface area (Å²) in [5.41, 5.74) is 6.87. The van der Waals surface area contributed by atoms with E-state index in [1.54, 1.807) is 0 Å². The molecule has 0 atom stereocenters. The number of hydroxylamine groups is 1. The summed E-state index contributed by atoms with van der Waals surface area (Å²) in [4.78, 5) is 20.3. The number of piperidine rings is 1. The Morgan fingerprint density at radius 3 is 2.56 bits per heavy atom. The van der Waals surface area contributed by atoms with Gasteiger partial charge in [0, 0.05) is 30.4 Å². The molecule has 1 spiro atoms. The Bertz CT molecular complexity index is 871. The highest BCUT2D eigenvalue weighted by molar-refractivity contribution is 9.10. The molecule has 0 radical (unpaired) electrons. The molecule has 2 aliphatic rings. The van der Waals surface area contributed by atoms with Crippen LogP contribution in [0.15, 0.2) is 59.1 Å². The van der Waals surface area contributed by atoms with Gasteiger partial charge in [0.15, 0.2) is 0 Å². The molecule has 6 heteroatoms. The van der Waals surface area contributed by atoms with Crippen LogP contribution in [0.4, 0.5) is 10.5 Å². The van der Waals surface area contributed by atoms with Crippen molar-refractivity contribution >= 4 is 33.3 Å². The van der Waals surface area contributed by atoms with Gasteiger partial charge in [0.2, 0.25) is 0 Å². The van der Waals surface area contributed by atoms with Crippen LogP contribution in [0.5, 0.6) is 0 Å². The van der Waals surface area contributed by atoms with Gasteiger partial charge < -0.3 is 10.2 Å². The first kappa shape index (κ1) is 18.1. The molecule has 0 aromatic heterocycles. The van der Waals surface area contributed by atoms with Gasteiger partial charge in [-0.15, -0.1) is 0 Å². The Morgan fingerprint density at radius 1 is 1.15 bits per heavy atom. The number of halogens is 1. The second kappa shape index (κ2) is 7.37. The number of likely N-dealkylation sites (tertiary alicyclic amines) is 1. The van der Waals surface area contributed by atoms with E-state index in [0.29, 0.717) is 13.1 Å². The highest BCUT2D eigenvalue weighted by Crippen LogP contribution is 2.35. The predicted octanol–water partition coefficient (Wildman–Crippen LogP) is 4.70. The van der Waals surface area contributed by atoms with Gasteiger partial charge in [-0.25, -0.2) is 4.79 Å². The van der Waals surface area contributed by atoms with Crippen LogP contribution in [0, 0.1) is 6.92 Å². The molecular weight excluding hydrogens is 406 g/mol. The minimum atomic E-state index is -0.343. The SMILES string of the molecule is Cc1ccc(C2=CC3(CCN(C(=O)Nc4ccccc4Br)CC3)ON2)cc1. The van der Waals surface area contributed by atoms with Crippen LogP contribution in [-0.2, 0) is 4.84 Å². The summed E-state index contributed by atoms with van der Waals surface area (Å²) in [7, 11) is 0. The standard InChI is InChI=1S/C21H22BrN3O2/c1-15-6-8-16(9-7-15)19-14-21(27-24-19)10-12-25(13-11-21)20(26)23-18-5-3-2-4-17(18)22/h2-9,14,24H,10-13H2,1H3,(H,23,26). The third kappa shape index (κ3) is 3.87. The molecule has 2 aliphatic heterocycles. The van der Waals surface area contributed by atoms with Gasteiger partial charge in [0.05, 0.1) is 11.4 Å². The van der Waals surface area contributed by atoms with Crippen molar-refractivity contribution in [2.24, 2.45) is 0 Å². The summed E-state index contributed by atoms with van der Waals surface area (Å²) in [6.45, 7) is 3.37. The number of urea groups is 1. The molecule has 5 nitrogen and oxygen atoms in total. The summed E-state index contributed by atoms with van der Waals surface area (Å²) in [5, 5.41) is 2.97. The molecule has 0 saturated carbocycles. The Morgan fingerprint density at radius 2 is 1.85 bits per heavy atom. The lowest BCUT2D eigenvalue weighted by Gasteiger charge is -2.36. The van der Waals surface area contributed by atoms with E-state index in [1.807, 2.05) is 29.2 Å². The largest absolute Gasteiger partial charge is 0.324 e. The number of para-hydroxylation sites is 1. The van der Waals surface area contributed by atoms with Gasteiger partial charge in [-0.1, -0.05) is 42.0 Å². The van der Waals surface area contributed by atoms with Crippen molar-refractivity contribution in [2.45, 2.75) is 25.4 Å². The fraction of sp³-hybridized carbons (Fsp3) is 0.286. The number of amides is 2. The summed E-state index contributed by atoms with van der Waals surface area (Å²) in [5.74, 6) is 0. The first-order valence-electron chi connectivity index (χ1n) is 9.09. The van der Waals surface area contributed by atoms with Gasteiger partial charge in [-0.05, 0) is 46.6 Å². The topological polar surface area (TPSA) is 53.6 Å². The summed E-state index contributed by atoms with van der Waals surface area (Å²) in [6, 6.07) is 15.9. The molecular formula is C21H22BrN3O2. The van der Waals surface area contributed by atoms with Crippen LogP contribution in [0.1, 0.15) is 24.0 Å². The normalized spacial score (nSPS) is 18.1. The van der Waals surface area contributed by atoms with Crippen LogP contribution in [0.25, 0.3) is 5.70 Å². The summed E-state index contributed by atoms with van der Waals surface area (Å²) < 4.78 is 0.876. The number of hydrogen-bond donors (Lipinski definition) is 2. The van der Waals surface area contributed by atoms with Crippen molar-refractivity contribution in [1.82, 2.24) is 10.4 Å². The van der Waals surface area contributed by atoms with Crippen molar-refractivity contribution in [3.8, 4) is 0 Å². The molecule has 140 valence electrons. The van der Waals surface area contributed by atoms with Gasteiger partial charge in [0.1, 0.15) is 5.60 Å². The van der Waals surface area contributed by atoms with Crippen LogP contribution in [-0.4, -0.2) is 29.6 Å². The number of carbonyl (C=O) groups is 1. The molecule has 0 bridgehead atoms. The molecule has 2 N–H and O–H groups in total. The molecule has 2 amide bonds. The zero-order valence-electron chi connectivity index (χ0n) is 15.2. The Kier molecular flexibility index (Phi) is 4.93. The van der Waals surface area contributed by atoms with Gasteiger partial charge in [-0.2, -0.15) is 0 Å². The summed E-state index contributed by atoms with van der Waals surface area (Å²) >= 11 is 3.46. The molecule has 1 saturated heterocycles. The second-order valence-corrected chi connectivity index (χ2v) is 7.94. The lowest BCUT2D eigenvalue weighted by molar-refractivity contribution is -0.0634. The first-order chi connectivity index (χ1) is 13.0. The number of nitrogens with zero attached hydrogens (tertiary/aromatic N) is 1. The quantitative estimate of drug-likeness (QED) is 0.729. The minimum Gasteiger partial charge on any atom is -0.324 e. The maximum Gasteiger partial charge on any atom is 0.321 e. The van der Waals surface area contributed by atoms with Crippen LogP contribution >= 0.6 is 15.9 Å². The van der Waals surface area contributed by atoms with E-state index in [1.165, 1.54) is 5.56 Å². The molecule has 27 heavy (non-hydrogen) atoms. The van der Waals surface area contributed by atoms with Crippen LogP contribution < -0.4 is 10.8 Å². The molecule has 2 aromatic rings. The number of aryl methyl sites for hydroxylation is 1. The number of rotatable bonds is 2. The lowest BCUT2D eigenvalue weighted by Crippen LogP contribution is -2.48. The number of carbonyl (C=O) groups excluding carboxylic acids is 1. The second-order valence-electron chi connectivity index (χ2n) is 7.09. The third-order valence-electron chi connectivity index (χ3n) is 5.15. The molecule has 4 rings (SSSR count). The number of benzene rings is 2. The van der Waals surface area contributed by atoms with E-state index in [-0.39, 0.29) is 11.6 Å². The average molecular weight is 428 g/mol. The minimum absolute atomic E-state index is 0.0783. The van der Waals surface area contributed by atoms with E-state index in [0.717, 1.165) is 34.3 Å². The Hall–Kier alpha value is -2.31. The van der Waals surface area contributed by atoms with Crippen molar-refractivity contribution in [1.29, 1.82) is 0 Å². The van der Waals surface area contributed by atoms with Crippen molar-refractivity contribution in [3.63, 3.8) is 0 Å². The summed E-state index contributed by atoms with van der Waals surface area (Å²) in [6.07, 6.45) is 3.69. The first-order valence-corrected chi connectivity index (χ1v) is 9.88. The van der Waals surface area contributed by atoms with E-state index in [2.05, 4.69) is 64.0 Å².